The summed E-state index contributed by atoms with van der Waals surface area (Å²) in [6.07, 6.45) is 0.558. The summed E-state index contributed by atoms with van der Waals surface area (Å²) in [5.74, 6) is -0.464. The largest absolute Gasteiger partial charge is 0.493 e. The maximum atomic E-state index is 11.0. The van der Waals surface area contributed by atoms with E-state index in [0.717, 1.165) is 9.13 Å². The predicted molar refractivity (Wildman–Crippen MR) is 59.6 cm³/mol. The van der Waals surface area contributed by atoms with Crippen LogP contribution in [0, 0.1) is 3.57 Å². The molecule has 4 heteroatoms. The third kappa shape index (κ3) is 1.70. The van der Waals surface area contributed by atoms with Crippen LogP contribution in [0.25, 0.3) is 0 Å². The number of carboxylic acids is 1. The minimum absolute atomic E-state index is 0.409. The van der Waals surface area contributed by atoms with E-state index in [4.69, 9.17) is 9.84 Å². The van der Waals surface area contributed by atoms with E-state index < -0.39 is 11.9 Å². The smallest absolute Gasteiger partial charge is 0.311 e. The van der Waals surface area contributed by atoms with Crippen molar-refractivity contribution in [3.8, 4) is 5.75 Å². The van der Waals surface area contributed by atoms with Gasteiger partial charge >= 0.3 is 5.97 Å². The predicted octanol–water partition coefficient (Wildman–Crippen LogP) is 2.24. The second-order valence-corrected chi connectivity index (χ2v) is 4.46. The van der Waals surface area contributed by atoms with Gasteiger partial charge in [0.25, 0.3) is 0 Å². The van der Waals surface area contributed by atoms with Crippen molar-refractivity contribution < 1.29 is 14.6 Å². The Labute approximate surface area is 95.2 Å². The van der Waals surface area contributed by atoms with Gasteiger partial charge in [-0.25, -0.2) is 0 Å². The minimum atomic E-state index is -0.767. The third-order valence-corrected chi connectivity index (χ3v) is 2.98. The lowest BCUT2D eigenvalue weighted by Gasteiger charge is -2.22. The number of fused-ring (bicyclic) bond motifs is 1. The van der Waals surface area contributed by atoms with Crippen molar-refractivity contribution in [1.29, 1.82) is 0 Å². The van der Waals surface area contributed by atoms with Gasteiger partial charge in [0, 0.05) is 9.13 Å². The molecule has 0 fully saturated rings. The summed E-state index contributed by atoms with van der Waals surface area (Å²) >= 11 is 2.17. The second kappa shape index (κ2) is 3.76. The minimum Gasteiger partial charge on any atom is -0.493 e. The van der Waals surface area contributed by atoms with Crippen LogP contribution < -0.4 is 4.74 Å². The summed E-state index contributed by atoms with van der Waals surface area (Å²) in [4.78, 5) is 11.0. The molecule has 0 aliphatic carbocycles. The number of hydrogen-bond acceptors (Lipinski definition) is 2. The molecule has 1 unspecified atom stereocenters. The highest BCUT2D eigenvalue weighted by molar-refractivity contribution is 14.1. The van der Waals surface area contributed by atoms with Gasteiger partial charge in [-0.15, -0.1) is 0 Å². The lowest BCUT2D eigenvalue weighted by molar-refractivity contribution is -0.139. The van der Waals surface area contributed by atoms with Gasteiger partial charge in [-0.05, 0) is 47.2 Å². The topological polar surface area (TPSA) is 46.5 Å². The van der Waals surface area contributed by atoms with Gasteiger partial charge in [-0.1, -0.05) is 0 Å². The van der Waals surface area contributed by atoms with Gasteiger partial charge < -0.3 is 9.84 Å². The molecular weight excluding hydrogens is 295 g/mol. The normalized spacial score (nSPS) is 19.6. The first-order valence-corrected chi connectivity index (χ1v) is 5.41. The monoisotopic (exact) mass is 304 g/mol. The Morgan fingerprint density at radius 3 is 3.07 bits per heavy atom. The fraction of sp³-hybridized carbons (Fsp3) is 0.300. The molecule has 0 saturated heterocycles. The number of ether oxygens (including phenoxy) is 1. The number of halogens is 1. The van der Waals surface area contributed by atoms with E-state index in [2.05, 4.69) is 22.6 Å². The Kier molecular flexibility index (Phi) is 2.62. The van der Waals surface area contributed by atoms with Crippen molar-refractivity contribution in [2.24, 2.45) is 0 Å². The molecule has 14 heavy (non-hydrogen) atoms. The molecule has 0 spiro atoms. The standard InChI is InChI=1S/C10H9IO3/c11-6-1-2-9-8(5-6)7(10(12)13)3-4-14-9/h1-2,5,7H,3-4H2,(H,12,13). The quantitative estimate of drug-likeness (QED) is 0.809. The van der Waals surface area contributed by atoms with Crippen LogP contribution in [0.5, 0.6) is 5.75 Å². The maximum Gasteiger partial charge on any atom is 0.311 e. The fourth-order valence-corrected chi connectivity index (χ4v) is 2.14. The SMILES string of the molecule is O=C(O)C1CCOc2ccc(I)cc21. The summed E-state index contributed by atoms with van der Waals surface area (Å²) in [7, 11) is 0. The molecule has 3 nitrogen and oxygen atoms in total. The van der Waals surface area contributed by atoms with Crippen LogP contribution in [0.4, 0.5) is 0 Å². The highest BCUT2D eigenvalue weighted by atomic mass is 127. The molecule has 1 aromatic rings. The molecule has 1 aliphatic heterocycles. The Balaban J connectivity index is 2.46. The zero-order chi connectivity index (χ0) is 10.1. The summed E-state index contributed by atoms with van der Waals surface area (Å²) in [5, 5.41) is 9.02. The first-order chi connectivity index (χ1) is 6.68. The molecule has 1 N–H and O–H groups in total. The number of rotatable bonds is 1. The molecule has 1 heterocycles. The van der Waals surface area contributed by atoms with Crippen molar-refractivity contribution in [2.75, 3.05) is 6.61 Å². The van der Waals surface area contributed by atoms with Gasteiger partial charge in [0.2, 0.25) is 0 Å². The molecule has 74 valence electrons. The lowest BCUT2D eigenvalue weighted by atomic mass is 9.93. The van der Waals surface area contributed by atoms with E-state index in [1.54, 1.807) is 0 Å². The van der Waals surface area contributed by atoms with E-state index in [9.17, 15) is 4.79 Å². The Morgan fingerprint density at radius 2 is 2.36 bits per heavy atom. The zero-order valence-corrected chi connectivity index (χ0v) is 9.52. The van der Waals surface area contributed by atoms with Crippen LogP contribution in [0.2, 0.25) is 0 Å². The van der Waals surface area contributed by atoms with Crippen molar-refractivity contribution in [3.63, 3.8) is 0 Å². The summed E-state index contributed by atoms with van der Waals surface area (Å²) in [5.41, 5.74) is 0.802. The number of carbonyl (C=O) groups is 1. The molecular formula is C10H9IO3. The molecule has 0 bridgehead atoms. The van der Waals surface area contributed by atoms with Crippen LogP contribution in [-0.2, 0) is 4.79 Å². The highest BCUT2D eigenvalue weighted by Gasteiger charge is 2.27. The van der Waals surface area contributed by atoms with E-state index in [1.807, 2.05) is 18.2 Å². The summed E-state index contributed by atoms with van der Waals surface area (Å²) in [6, 6.07) is 5.64. The second-order valence-electron chi connectivity index (χ2n) is 3.21. The number of benzene rings is 1. The van der Waals surface area contributed by atoms with E-state index in [-0.39, 0.29) is 0 Å². The van der Waals surface area contributed by atoms with Crippen molar-refractivity contribution in [1.82, 2.24) is 0 Å². The molecule has 1 aromatic carbocycles. The Bertz CT molecular complexity index is 376. The van der Waals surface area contributed by atoms with Gasteiger partial charge in [-0.3, -0.25) is 4.79 Å². The van der Waals surface area contributed by atoms with Gasteiger partial charge in [-0.2, -0.15) is 0 Å². The van der Waals surface area contributed by atoms with Gasteiger partial charge in [0.05, 0.1) is 12.5 Å². The van der Waals surface area contributed by atoms with Crippen molar-refractivity contribution >= 4 is 28.6 Å². The number of aliphatic carboxylic acids is 1. The maximum absolute atomic E-state index is 11.0. The Hall–Kier alpha value is -0.780. The van der Waals surface area contributed by atoms with E-state index in [0.29, 0.717) is 18.8 Å². The molecule has 0 saturated carbocycles. The van der Waals surface area contributed by atoms with E-state index >= 15 is 0 Å². The summed E-state index contributed by atoms with van der Waals surface area (Å²) < 4.78 is 6.43. The molecule has 2 rings (SSSR count). The average molecular weight is 304 g/mol. The number of carboxylic acid groups (broad SMARTS) is 1. The Morgan fingerprint density at radius 1 is 1.57 bits per heavy atom. The molecule has 0 amide bonds. The lowest BCUT2D eigenvalue weighted by Crippen LogP contribution is -2.20. The number of hydrogen-bond donors (Lipinski definition) is 1. The van der Waals surface area contributed by atoms with Crippen LogP contribution in [0.3, 0.4) is 0 Å². The van der Waals surface area contributed by atoms with Crippen LogP contribution in [0.1, 0.15) is 17.9 Å². The van der Waals surface area contributed by atoms with Gasteiger partial charge in [0.15, 0.2) is 0 Å². The molecule has 0 radical (unpaired) electrons. The fourth-order valence-electron chi connectivity index (χ4n) is 1.62. The van der Waals surface area contributed by atoms with Crippen molar-refractivity contribution in [2.45, 2.75) is 12.3 Å². The first kappa shape index (κ1) is 9.76. The van der Waals surface area contributed by atoms with E-state index in [1.165, 1.54) is 0 Å². The molecule has 1 atom stereocenters. The zero-order valence-electron chi connectivity index (χ0n) is 7.37. The van der Waals surface area contributed by atoms with Crippen molar-refractivity contribution in [3.05, 3.63) is 27.3 Å². The average Bonchev–Trinajstić information content (AvgIpc) is 2.16. The van der Waals surface area contributed by atoms with Gasteiger partial charge in [0.1, 0.15) is 5.75 Å². The van der Waals surface area contributed by atoms with Crippen LogP contribution >= 0.6 is 22.6 Å². The highest BCUT2D eigenvalue weighted by Crippen LogP contribution is 2.34. The first-order valence-electron chi connectivity index (χ1n) is 4.33. The summed E-state index contributed by atoms with van der Waals surface area (Å²) in [6.45, 7) is 0.491. The van der Waals surface area contributed by atoms with Crippen LogP contribution in [-0.4, -0.2) is 17.7 Å². The molecule has 1 aliphatic rings. The molecule has 0 aromatic heterocycles. The van der Waals surface area contributed by atoms with Crippen LogP contribution in [0.15, 0.2) is 18.2 Å². The third-order valence-electron chi connectivity index (χ3n) is 2.31.